The smallest absolute Gasteiger partial charge is 0.290 e. The molecule has 10 heteroatoms. The highest BCUT2D eigenvalue weighted by Crippen LogP contribution is 2.27. The van der Waals surface area contributed by atoms with Gasteiger partial charge in [-0.2, -0.15) is 11.3 Å². The fraction of sp³-hybridized carbons (Fsp3) is 0.280. The number of nitrogens with zero attached hydrogens (tertiary/aromatic N) is 3. The molecule has 180 valence electrons. The Kier molecular flexibility index (Phi) is 7.21. The molecule has 2 N–H and O–H groups in total. The molecule has 0 bridgehead atoms. The van der Waals surface area contributed by atoms with Gasteiger partial charge in [0.1, 0.15) is 5.82 Å². The van der Waals surface area contributed by atoms with E-state index in [2.05, 4.69) is 30.9 Å². The van der Waals surface area contributed by atoms with E-state index < -0.39 is 5.91 Å². The second kappa shape index (κ2) is 10.7. The summed E-state index contributed by atoms with van der Waals surface area (Å²) >= 11 is 2.51. The minimum absolute atomic E-state index is 0.184. The lowest BCUT2D eigenvalue weighted by atomic mass is 9.97. The first-order chi connectivity index (χ1) is 17.0. The van der Waals surface area contributed by atoms with E-state index in [-0.39, 0.29) is 11.1 Å². The van der Waals surface area contributed by atoms with E-state index in [1.807, 2.05) is 23.6 Å². The molecule has 2 aliphatic rings. The van der Waals surface area contributed by atoms with Crippen LogP contribution in [-0.4, -0.2) is 40.7 Å². The van der Waals surface area contributed by atoms with Crippen molar-refractivity contribution in [2.45, 2.75) is 19.4 Å². The van der Waals surface area contributed by atoms with Crippen LogP contribution in [-0.2, 0) is 11.3 Å². The Labute approximate surface area is 210 Å². The Bertz CT molecular complexity index is 1260. The number of piperidine rings is 1. The SMILES string of the molecule is O=C1NC(=O)/C(=C\c2ccnc(N3CCC(CNCc4cc(-c5ccsc5)ccc4F)CC3)n2)S1. The van der Waals surface area contributed by atoms with Crippen molar-refractivity contribution in [2.75, 3.05) is 24.5 Å². The average molecular weight is 510 g/mol. The molecule has 0 aliphatic carbocycles. The molecule has 0 saturated carbocycles. The quantitative estimate of drug-likeness (QED) is 0.448. The van der Waals surface area contributed by atoms with Crippen LogP contribution in [0.2, 0.25) is 0 Å². The van der Waals surface area contributed by atoms with Gasteiger partial charge in [-0.05, 0) is 89.3 Å². The number of amides is 2. The second-order valence-corrected chi connectivity index (χ2v) is 10.3. The zero-order valence-electron chi connectivity index (χ0n) is 18.9. The summed E-state index contributed by atoms with van der Waals surface area (Å²) in [6.45, 7) is 2.96. The summed E-state index contributed by atoms with van der Waals surface area (Å²) in [5.41, 5.74) is 3.43. The van der Waals surface area contributed by atoms with Crippen LogP contribution in [0.1, 0.15) is 24.1 Å². The van der Waals surface area contributed by atoms with E-state index in [0.29, 0.717) is 34.6 Å². The highest BCUT2D eigenvalue weighted by molar-refractivity contribution is 8.18. The maximum atomic E-state index is 14.3. The van der Waals surface area contributed by atoms with E-state index in [1.165, 1.54) is 0 Å². The molecule has 2 saturated heterocycles. The summed E-state index contributed by atoms with van der Waals surface area (Å²) in [5.74, 6) is 0.528. The topological polar surface area (TPSA) is 87.2 Å². The van der Waals surface area contributed by atoms with Crippen LogP contribution in [0.25, 0.3) is 17.2 Å². The van der Waals surface area contributed by atoms with Gasteiger partial charge >= 0.3 is 0 Å². The van der Waals surface area contributed by atoms with E-state index in [4.69, 9.17) is 0 Å². The second-order valence-electron chi connectivity index (χ2n) is 8.51. The van der Waals surface area contributed by atoms with Gasteiger partial charge in [-0.15, -0.1) is 0 Å². The van der Waals surface area contributed by atoms with Gasteiger partial charge in [0.25, 0.3) is 11.1 Å². The summed E-state index contributed by atoms with van der Waals surface area (Å²) in [7, 11) is 0. The van der Waals surface area contributed by atoms with E-state index in [9.17, 15) is 14.0 Å². The molecule has 2 aromatic heterocycles. The highest BCUT2D eigenvalue weighted by Gasteiger charge is 2.25. The van der Waals surface area contributed by atoms with Crippen LogP contribution in [0.3, 0.4) is 0 Å². The van der Waals surface area contributed by atoms with Gasteiger partial charge in [-0.1, -0.05) is 6.07 Å². The molecule has 0 radical (unpaired) electrons. The Balaban J connectivity index is 1.13. The van der Waals surface area contributed by atoms with Crippen molar-refractivity contribution >= 4 is 46.3 Å². The highest BCUT2D eigenvalue weighted by atomic mass is 32.2. The number of thioether (sulfide) groups is 1. The molecule has 1 aromatic carbocycles. The predicted molar refractivity (Wildman–Crippen MR) is 137 cm³/mol. The number of hydrogen-bond donors (Lipinski definition) is 2. The number of halogens is 1. The number of rotatable bonds is 7. The molecule has 4 heterocycles. The molecule has 0 spiro atoms. The van der Waals surface area contributed by atoms with Gasteiger partial charge < -0.3 is 10.2 Å². The molecule has 2 aliphatic heterocycles. The Morgan fingerprint density at radius 3 is 2.77 bits per heavy atom. The number of carbonyl (C=O) groups is 2. The van der Waals surface area contributed by atoms with Crippen LogP contribution >= 0.6 is 23.1 Å². The van der Waals surface area contributed by atoms with Crippen molar-refractivity contribution < 1.29 is 14.0 Å². The van der Waals surface area contributed by atoms with Crippen molar-refractivity contribution in [3.63, 3.8) is 0 Å². The largest absolute Gasteiger partial charge is 0.341 e. The molecule has 0 unspecified atom stereocenters. The number of hydrogen-bond acceptors (Lipinski definition) is 8. The summed E-state index contributed by atoms with van der Waals surface area (Å²) in [4.78, 5) is 34.6. The average Bonchev–Trinajstić information content (AvgIpc) is 3.51. The van der Waals surface area contributed by atoms with Crippen LogP contribution < -0.4 is 15.5 Å². The van der Waals surface area contributed by atoms with E-state index in [1.54, 1.807) is 35.7 Å². The number of imide groups is 1. The number of thiophene rings is 1. The van der Waals surface area contributed by atoms with Gasteiger partial charge in [-0.25, -0.2) is 14.4 Å². The van der Waals surface area contributed by atoms with Gasteiger partial charge in [-0.3, -0.25) is 14.9 Å². The van der Waals surface area contributed by atoms with Crippen molar-refractivity contribution in [3.8, 4) is 11.1 Å². The molecule has 2 fully saturated rings. The molecule has 7 nitrogen and oxygen atoms in total. The number of carbonyl (C=O) groups excluding carboxylic acids is 2. The fourth-order valence-electron chi connectivity index (χ4n) is 4.22. The lowest BCUT2D eigenvalue weighted by molar-refractivity contribution is -0.115. The van der Waals surface area contributed by atoms with Gasteiger partial charge in [0.2, 0.25) is 5.95 Å². The molecule has 0 atom stereocenters. The Morgan fingerprint density at radius 2 is 2.03 bits per heavy atom. The number of benzene rings is 1. The molecule has 5 rings (SSSR count). The summed E-state index contributed by atoms with van der Waals surface area (Å²) < 4.78 is 14.3. The molecule has 35 heavy (non-hydrogen) atoms. The van der Waals surface area contributed by atoms with Crippen LogP contribution in [0.4, 0.5) is 15.1 Å². The predicted octanol–water partition coefficient (Wildman–Crippen LogP) is 4.67. The minimum atomic E-state index is -0.397. The molecule has 3 aromatic rings. The maximum Gasteiger partial charge on any atom is 0.290 e. The lowest BCUT2D eigenvalue weighted by Gasteiger charge is -2.32. The maximum absolute atomic E-state index is 14.3. The standard InChI is InChI=1S/C25H24FN5O2S2/c26-21-2-1-17(18-6-10-34-15-18)11-19(21)14-27-13-16-4-8-31(9-5-16)24-28-7-3-20(29-24)12-22-23(32)30-25(33)35-22/h1-3,6-7,10-12,15-16,27H,4-5,8-9,13-14H2,(H,30,32,33)/b22-12+. The Hall–Kier alpha value is -3.08. The minimum Gasteiger partial charge on any atom is -0.341 e. The van der Waals surface area contributed by atoms with Gasteiger partial charge in [0.15, 0.2) is 0 Å². The monoisotopic (exact) mass is 509 g/mol. The van der Waals surface area contributed by atoms with E-state index in [0.717, 1.165) is 55.4 Å². The normalized spacial score (nSPS) is 17.9. The fourth-order valence-corrected chi connectivity index (χ4v) is 5.55. The molecule has 2 amide bonds. The third-order valence-electron chi connectivity index (χ3n) is 6.13. The third kappa shape index (κ3) is 5.77. The van der Waals surface area contributed by atoms with Crippen LogP contribution in [0.5, 0.6) is 0 Å². The Morgan fingerprint density at radius 1 is 1.17 bits per heavy atom. The number of aromatic nitrogens is 2. The molecular weight excluding hydrogens is 485 g/mol. The third-order valence-corrected chi connectivity index (χ3v) is 7.63. The summed E-state index contributed by atoms with van der Waals surface area (Å²) in [6, 6.07) is 9.06. The van der Waals surface area contributed by atoms with Crippen molar-refractivity contribution in [1.82, 2.24) is 20.6 Å². The zero-order chi connectivity index (χ0) is 24.2. The lowest BCUT2D eigenvalue weighted by Crippen LogP contribution is -2.38. The van der Waals surface area contributed by atoms with Gasteiger partial charge in [0.05, 0.1) is 10.6 Å². The van der Waals surface area contributed by atoms with Crippen molar-refractivity contribution in [2.24, 2.45) is 5.92 Å². The first-order valence-electron chi connectivity index (χ1n) is 11.4. The van der Waals surface area contributed by atoms with Crippen molar-refractivity contribution in [1.29, 1.82) is 0 Å². The zero-order valence-corrected chi connectivity index (χ0v) is 20.5. The van der Waals surface area contributed by atoms with E-state index >= 15 is 0 Å². The summed E-state index contributed by atoms with van der Waals surface area (Å²) in [5, 5.41) is 9.40. The first-order valence-corrected chi connectivity index (χ1v) is 13.2. The van der Waals surface area contributed by atoms with Crippen LogP contribution in [0.15, 0.2) is 52.2 Å². The summed E-state index contributed by atoms with van der Waals surface area (Å²) in [6.07, 6.45) is 5.23. The first kappa shape index (κ1) is 23.7. The number of anilines is 1. The molecular formula is C25H24FN5O2S2. The van der Waals surface area contributed by atoms with Crippen LogP contribution in [0, 0.1) is 11.7 Å². The number of nitrogens with one attached hydrogen (secondary N) is 2. The van der Waals surface area contributed by atoms with Gasteiger partial charge in [0, 0.05) is 31.4 Å². The van der Waals surface area contributed by atoms with Crippen molar-refractivity contribution in [3.05, 3.63) is 69.3 Å².